The first-order valence-corrected chi connectivity index (χ1v) is 8.12. The third-order valence-electron chi connectivity index (χ3n) is 3.68. The third-order valence-corrected chi connectivity index (χ3v) is 3.68. The molecule has 5 heteroatoms. The minimum Gasteiger partial charge on any atom is -0.457 e. The van der Waals surface area contributed by atoms with Gasteiger partial charge in [0, 0.05) is 23.9 Å². The van der Waals surface area contributed by atoms with Crippen molar-refractivity contribution < 1.29 is 14.3 Å². The summed E-state index contributed by atoms with van der Waals surface area (Å²) in [4.78, 5) is 24.2. The fraction of sp³-hybridized carbons (Fsp3) is 0.0476. The molecule has 0 aliphatic heterocycles. The molecule has 0 aliphatic carbocycles. The molecule has 5 nitrogen and oxygen atoms in total. The van der Waals surface area contributed by atoms with Crippen molar-refractivity contribution in [3.05, 3.63) is 90.0 Å². The van der Waals surface area contributed by atoms with Gasteiger partial charge in [-0.3, -0.25) is 9.59 Å². The highest BCUT2D eigenvalue weighted by atomic mass is 16.5. The van der Waals surface area contributed by atoms with Gasteiger partial charge in [-0.1, -0.05) is 30.3 Å². The van der Waals surface area contributed by atoms with E-state index in [1.807, 2.05) is 30.3 Å². The quantitative estimate of drug-likeness (QED) is 0.731. The summed E-state index contributed by atoms with van der Waals surface area (Å²) in [5.74, 6) is 0.781. The molecule has 0 unspecified atom stereocenters. The van der Waals surface area contributed by atoms with Crippen molar-refractivity contribution >= 4 is 17.5 Å². The van der Waals surface area contributed by atoms with Crippen molar-refractivity contribution in [1.29, 1.82) is 0 Å². The molecule has 0 aliphatic rings. The van der Waals surface area contributed by atoms with Crippen molar-refractivity contribution in [2.45, 2.75) is 0 Å². The van der Waals surface area contributed by atoms with Crippen LogP contribution in [0.2, 0.25) is 0 Å². The molecule has 0 saturated carbocycles. The van der Waals surface area contributed by atoms with Crippen LogP contribution in [0.25, 0.3) is 0 Å². The number of anilines is 1. The Balaban J connectivity index is 1.74. The van der Waals surface area contributed by atoms with E-state index >= 15 is 0 Å². The van der Waals surface area contributed by atoms with Gasteiger partial charge in [-0.25, -0.2) is 0 Å². The van der Waals surface area contributed by atoms with Crippen molar-refractivity contribution in [3.63, 3.8) is 0 Å². The highest BCUT2D eigenvalue weighted by molar-refractivity contribution is 6.05. The molecule has 26 heavy (non-hydrogen) atoms. The van der Waals surface area contributed by atoms with Gasteiger partial charge in [-0.2, -0.15) is 0 Å². The maximum Gasteiger partial charge on any atom is 0.255 e. The van der Waals surface area contributed by atoms with E-state index in [4.69, 9.17) is 4.74 Å². The highest BCUT2D eigenvalue weighted by Gasteiger charge is 2.10. The zero-order valence-corrected chi connectivity index (χ0v) is 14.2. The van der Waals surface area contributed by atoms with E-state index in [1.165, 1.54) is 0 Å². The second-order valence-electron chi connectivity index (χ2n) is 5.56. The van der Waals surface area contributed by atoms with E-state index < -0.39 is 0 Å². The first-order valence-electron chi connectivity index (χ1n) is 8.12. The second-order valence-corrected chi connectivity index (χ2v) is 5.56. The van der Waals surface area contributed by atoms with Crippen LogP contribution in [-0.2, 0) is 0 Å². The summed E-state index contributed by atoms with van der Waals surface area (Å²) in [6.45, 7) is 0. The lowest BCUT2D eigenvalue weighted by molar-refractivity contribution is 0.0961. The molecule has 3 aromatic rings. The molecule has 2 amide bonds. The molecule has 0 radical (unpaired) electrons. The molecule has 130 valence electrons. The van der Waals surface area contributed by atoms with Gasteiger partial charge in [0.1, 0.15) is 11.5 Å². The fourth-order valence-corrected chi connectivity index (χ4v) is 2.41. The molecule has 3 aromatic carbocycles. The van der Waals surface area contributed by atoms with Gasteiger partial charge < -0.3 is 15.4 Å². The molecule has 0 saturated heterocycles. The van der Waals surface area contributed by atoms with Crippen molar-refractivity contribution in [2.75, 3.05) is 12.4 Å². The number of carbonyl (C=O) groups is 2. The van der Waals surface area contributed by atoms with Crippen LogP contribution in [0.5, 0.6) is 11.5 Å². The topological polar surface area (TPSA) is 67.4 Å². The molecule has 0 aromatic heterocycles. The summed E-state index contributed by atoms with van der Waals surface area (Å²) in [7, 11) is 1.56. The molecule has 0 fully saturated rings. The van der Waals surface area contributed by atoms with Gasteiger partial charge in [0.05, 0.1) is 0 Å². The molecular weight excluding hydrogens is 328 g/mol. The van der Waals surface area contributed by atoms with E-state index in [0.717, 1.165) is 0 Å². The fourth-order valence-electron chi connectivity index (χ4n) is 2.41. The lowest BCUT2D eigenvalue weighted by Crippen LogP contribution is -2.18. The molecule has 0 heterocycles. The number of rotatable bonds is 5. The summed E-state index contributed by atoms with van der Waals surface area (Å²) < 4.78 is 5.75. The predicted octanol–water partition coefficient (Wildman–Crippen LogP) is 4.09. The minimum atomic E-state index is -0.280. The number of benzene rings is 3. The first kappa shape index (κ1) is 17.2. The summed E-state index contributed by atoms with van der Waals surface area (Å²) in [5, 5.41) is 5.35. The van der Waals surface area contributed by atoms with Crippen LogP contribution in [0.3, 0.4) is 0 Å². The maximum absolute atomic E-state index is 12.5. The lowest BCUT2D eigenvalue weighted by Gasteiger charge is -2.09. The Labute approximate surface area is 151 Å². The maximum atomic E-state index is 12.5. The van der Waals surface area contributed by atoms with Crippen LogP contribution < -0.4 is 15.4 Å². The van der Waals surface area contributed by atoms with Crippen molar-refractivity contribution in [2.24, 2.45) is 0 Å². The summed E-state index contributed by atoms with van der Waals surface area (Å²) in [5.41, 5.74) is 1.49. The third kappa shape index (κ3) is 4.27. The van der Waals surface area contributed by atoms with E-state index in [-0.39, 0.29) is 11.8 Å². The number of para-hydroxylation sites is 1. The van der Waals surface area contributed by atoms with Crippen LogP contribution in [0.15, 0.2) is 78.9 Å². The zero-order chi connectivity index (χ0) is 18.4. The normalized spacial score (nSPS) is 10.0. The van der Waals surface area contributed by atoms with E-state index in [1.54, 1.807) is 55.6 Å². The number of carbonyl (C=O) groups excluding carboxylic acids is 2. The summed E-state index contributed by atoms with van der Waals surface area (Å²) in [6.07, 6.45) is 0. The Morgan fingerprint density at radius 3 is 2.12 bits per heavy atom. The molecule has 2 N–H and O–H groups in total. The SMILES string of the molecule is CNC(=O)c1cccc(NC(=O)c2cccc(Oc3ccccc3)c2)c1. The monoisotopic (exact) mass is 346 g/mol. The average Bonchev–Trinajstić information content (AvgIpc) is 2.68. The number of amides is 2. The van der Waals surface area contributed by atoms with Gasteiger partial charge >= 0.3 is 0 Å². The number of hydrogen-bond donors (Lipinski definition) is 2. The predicted molar refractivity (Wildman–Crippen MR) is 101 cm³/mol. The van der Waals surface area contributed by atoms with Crippen LogP contribution >= 0.6 is 0 Å². The largest absolute Gasteiger partial charge is 0.457 e. The lowest BCUT2D eigenvalue weighted by atomic mass is 10.1. The molecule has 0 bridgehead atoms. The molecular formula is C21H18N2O3. The average molecular weight is 346 g/mol. The van der Waals surface area contributed by atoms with Gasteiger partial charge in [0.2, 0.25) is 0 Å². The Bertz CT molecular complexity index is 923. The van der Waals surface area contributed by atoms with Crippen LogP contribution in [0.4, 0.5) is 5.69 Å². The van der Waals surface area contributed by atoms with Gasteiger partial charge in [0.25, 0.3) is 11.8 Å². The standard InChI is InChI=1S/C21H18N2O3/c1-22-20(24)15-7-5-9-17(13-15)23-21(25)16-8-6-12-19(14-16)26-18-10-3-2-4-11-18/h2-14H,1H3,(H,22,24)(H,23,25). The summed E-state index contributed by atoms with van der Waals surface area (Å²) >= 11 is 0. The van der Waals surface area contributed by atoms with E-state index in [2.05, 4.69) is 10.6 Å². The van der Waals surface area contributed by atoms with Crippen LogP contribution in [0, 0.1) is 0 Å². The minimum absolute atomic E-state index is 0.209. The Morgan fingerprint density at radius 2 is 1.38 bits per heavy atom. The second kappa shape index (κ2) is 7.98. The van der Waals surface area contributed by atoms with Crippen molar-refractivity contribution in [3.8, 4) is 11.5 Å². The summed E-state index contributed by atoms with van der Waals surface area (Å²) in [6, 6.07) is 23.0. The van der Waals surface area contributed by atoms with Gasteiger partial charge in [-0.15, -0.1) is 0 Å². The Kier molecular flexibility index (Phi) is 5.29. The van der Waals surface area contributed by atoms with Crippen LogP contribution in [0.1, 0.15) is 20.7 Å². The molecule has 0 atom stereocenters. The first-order chi connectivity index (χ1) is 12.7. The number of ether oxygens (including phenoxy) is 1. The van der Waals surface area contributed by atoms with E-state index in [0.29, 0.717) is 28.3 Å². The highest BCUT2D eigenvalue weighted by Crippen LogP contribution is 2.22. The zero-order valence-electron chi connectivity index (χ0n) is 14.2. The molecule has 0 spiro atoms. The molecule has 3 rings (SSSR count). The number of hydrogen-bond acceptors (Lipinski definition) is 3. The smallest absolute Gasteiger partial charge is 0.255 e. The van der Waals surface area contributed by atoms with E-state index in [9.17, 15) is 9.59 Å². The Hall–Kier alpha value is -3.60. The number of nitrogens with one attached hydrogen (secondary N) is 2. The van der Waals surface area contributed by atoms with Gasteiger partial charge in [-0.05, 0) is 48.5 Å². The van der Waals surface area contributed by atoms with Gasteiger partial charge in [0.15, 0.2) is 0 Å². The van der Waals surface area contributed by atoms with Crippen molar-refractivity contribution in [1.82, 2.24) is 5.32 Å². The van der Waals surface area contributed by atoms with Crippen LogP contribution in [-0.4, -0.2) is 18.9 Å². The Morgan fingerprint density at radius 1 is 0.731 bits per heavy atom.